The molecule has 106 valence electrons. The SMILES string of the molecule is COC(=O)[C@@H](C[C@@H](C)C#N)NC(=O)C1CCCCC1. The van der Waals surface area contributed by atoms with Crippen molar-refractivity contribution in [3.8, 4) is 6.07 Å². The molecule has 0 aromatic carbocycles. The molecule has 0 heterocycles. The van der Waals surface area contributed by atoms with Crippen LogP contribution < -0.4 is 5.32 Å². The molecule has 1 amide bonds. The van der Waals surface area contributed by atoms with Crippen molar-refractivity contribution >= 4 is 11.9 Å². The number of esters is 1. The lowest BCUT2D eigenvalue weighted by atomic mass is 9.88. The Morgan fingerprint density at radius 2 is 2.00 bits per heavy atom. The molecule has 1 aliphatic rings. The van der Waals surface area contributed by atoms with E-state index in [0.29, 0.717) is 6.42 Å². The van der Waals surface area contributed by atoms with Crippen LogP contribution in [0.15, 0.2) is 0 Å². The summed E-state index contributed by atoms with van der Waals surface area (Å²) in [7, 11) is 1.29. The van der Waals surface area contributed by atoms with E-state index in [2.05, 4.69) is 16.1 Å². The minimum Gasteiger partial charge on any atom is -0.467 e. The summed E-state index contributed by atoms with van der Waals surface area (Å²) >= 11 is 0. The average Bonchev–Trinajstić information content (AvgIpc) is 2.46. The van der Waals surface area contributed by atoms with E-state index in [1.807, 2.05) is 0 Å². The summed E-state index contributed by atoms with van der Waals surface area (Å²) in [5, 5.41) is 11.5. The van der Waals surface area contributed by atoms with Gasteiger partial charge in [-0.2, -0.15) is 5.26 Å². The maximum atomic E-state index is 12.1. The monoisotopic (exact) mass is 266 g/mol. The van der Waals surface area contributed by atoms with Crippen molar-refractivity contribution in [2.24, 2.45) is 11.8 Å². The third kappa shape index (κ3) is 4.90. The lowest BCUT2D eigenvalue weighted by Crippen LogP contribution is -2.45. The molecule has 0 aromatic heterocycles. The van der Waals surface area contributed by atoms with Gasteiger partial charge >= 0.3 is 5.97 Å². The lowest BCUT2D eigenvalue weighted by Gasteiger charge is -2.24. The van der Waals surface area contributed by atoms with Crippen molar-refractivity contribution in [2.75, 3.05) is 7.11 Å². The van der Waals surface area contributed by atoms with Crippen molar-refractivity contribution < 1.29 is 14.3 Å². The molecule has 0 radical (unpaired) electrons. The summed E-state index contributed by atoms with van der Waals surface area (Å²) in [4.78, 5) is 23.7. The van der Waals surface area contributed by atoms with E-state index in [0.717, 1.165) is 25.7 Å². The molecule has 1 rings (SSSR count). The van der Waals surface area contributed by atoms with Gasteiger partial charge in [0.05, 0.1) is 13.2 Å². The summed E-state index contributed by atoms with van der Waals surface area (Å²) < 4.78 is 4.68. The number of hydrogen-bond donors (Lipinski definition) is 1. The zero-order valence-corrected chi connectivity index (χ0v) is 11.6. The second-order valence-corrected chi connectivity index (χ2v) is 5.19. The molecule has 0 aliphatic heterocycles. The number of rotatable bonds is 5. The Balaban J connectivity index is 2.58. The molecule has 5 heteroatoms. The van der Waals surface area contributed by atoms with Crippen LogP contribution in [0.3, 0.4) is 0 Å². The van der Waals surface area contributed by atoms with Crippen LogP contribution in [0, 0.1) is 23.2 Å². The van der Waals surface area contributed by atoms with Crippen LogP contribution in [0.5, 0.6) is 0 Å². The van der Waals surface area contributed by atoms with Crippen molar-refractivity contribution in [3.05, 3.63) is 0 Å². The van der Waals surface area contributed by atoms with Crippen LogP contribution in [0.2, 0.25) is 0 Å². The van der Waals surface area contributed by atoms with E-state index in [-0.39, 0.29) is 17.7 Å². The first-order chi connectivity index (χ1) is 9.08. The molecule has 1 aliphatic carbocycles. The van der Waals surface area contributed by atoms with Gasteiger partial charge in [0.15, 0.2) is 0 Å². The van der Waals surface area contributed by atoms with Gasteiger partial charge in [-0.15, -0.1) is 0 Å². The molecule has 2 atom stereocenters. The fraction of sp³-hybridized carbons (Fsp3) is 0.786. The van der Waals surface area contributed by atoms with Gasteiger partial charge in [-0.1, -0.05) is 19.3 Å². The second kappa shape index (κ2) is 7.78. The average molecular weight is 266 g/mol. The van der Waals surface area contributed by atoms with E-state index in [9.17, 15) is 9.59 Å². The van der Waals surface area contributed by atoms with Crippen LogP contribution >= 0.6 is 0 Å². The summed E-state index contributed by atoms with van der Waals surface area (Å²) in [5.41, 5.74) is 0. The number of nitrogens with zero attached hydrogens (tertiary/aromatic N) is 1. The maximum absolute atomic E-state index is 12.1. The Bertz CT molecular complexity index is 356. The van der Waals surface area contributed by atoms with Crippen LogP contribution in [0.1, 0.15) is 45.4 Å². The molecule has 1 N–H and O–H groups in total. The number of amides is 1. The third-order valence-corrected chi connectivity index (χ3v) is 3.59. The number of nitriles is 1. The predicted octanol–water partition coefficient (Wildman–Crippen LogP) is 1.77. The van der Waals surface area contributed by atoms with Crippen molar-refractivity contribution in [3.63, 3.8) is 0 Å². The van der Waals surface area contributed by atoms with Crippen molar-refractivity contribution in [1.29, 1.82) is 5.26 Å². The fourth-order valence-corrected chi connectivity index (χ4v) is 2.42. The lowest BCUT2D eigenvalue weighted by molar-refractivity contribution is -0.146. The molecule has 0 aromatic rings. The predicted molar refractivity (Wildman–Crippen MR) is 69.9 cm³/mol. The molecule has 0 bridgehead atoms. The van der Waals surface area contributed by atoms with Crippen LogP contribution in [-0.4, -0.2) is 25.0 Å². The number of carbonyl (C=O) groups is 2. The highest BCUT2D eigenvalue weighted by Crippen LogP contribution is 2.24. The maximum Gasteiger partial charge on any atom is 0.328 e. The largest absolute Gasteiger partial charge is 0.467 e. The first kappa shape index (κ1) is 15.5. The summed E-state index contributed by atoms with van der Waals surface area (Å²) in [5.74, 6) is -0.861. The van der Waals surface area contributed by atoms with Crippen LogP contribution in [-0.2, 0) is 14.3 Å². The number of methoxy groups -OCH3 is 1. The molecular formula is C14H22N2O3. The van der Waals surface area contributed by atoms with E-state index in [1.165, 1.54) is 13.5 Å². The molecule has 5 nitrogen and oxygen atoms in total. The fourth-order valence-electron chi connectivity index (χ4n) is 2.42. The van der Waals surface area contributed by atoms with Gasteiger partial charge in [0, 0.05) is 11.8 Å². The highest BCUT2D eigenvalue weighted by Gasteiger charge is 2.28. The molecule has 0 unspecified atom stereocenters. The second-order valence-electron chi connectivity index (χ2n) is 5.19. The van der Waals surface area contributed by atoms with Gasteiger partial charge in [0.25, 0.3) is 0 Å². The summed E-state index contributed by atoms with van der Waals surface area (Å²) in [6.07, 6.45) is 5.36. The quantitative estimate of drug-likeness (QED) is 0.769. The highest BCUT2D eigenvalue weighted by atomic mass is 16.5. The first-order valence-corrected chi connectivity index (χ1v) is 6.86. The Kier molecular flexibility index (Phi) is 6.34. The zero-order chi connectivity index (χ0) is 14.3. The Morgan fingerprint density at radius 3 is 2.53 bits per heavy atom. The van der Waals surface area contributed by atoms with Crippen molar-refractivity contribution in [2.45, 2.75) is 51.5 Å². The molecule has 0 spiro atoms. The molecular weight excluding hydrogens is 244 g/mol. The number of carbonyl (C=O) groups excluding carboxylic acids is 2. The van der Waals surface area contributed by atoms with Crippen LogP contribution in [0.4, 0.5) is 0 Å². The molecule has 1 fully saturated rings. The van der Waals surface area contributed by atoms with Crippen LogP contribution in [0.25, 0.3) is 0 Å². The van der Waals surface area contributed by atoms with Gasteiger partial charge < -0.3 is 10.1 Å². The highest BCUT2D eigenvalue weighted by molar-refractivity contribution is 5.85. The minimum atomic E-state index is -0.714. The van der Waals surface area contributed by atoms with Gasteiger partial charge in [0.1, 0.15) is 6.04 Å². The smallest absolute Gasteiger partial charge is 0.328 e. The summed E-state index contributed by atoms with van der Waals surface area (Å²) in [6, 6.07) is 1.35. The number of nitrogens with one attached hydrogen (secondary N) is 1. The van der Waals surface area contributed by atoms with Crippen molar-refractivity contribution in [1.82, 2.24) is 5.32 Å². The standard InChI is InChI=1S/C14H22N2O3/c1-10(9-15)8-12(14(18)19-2)16-13(17)11-6-4-3-5-7-11/h10-12H,3-8H2,1-2H3,(H,16,17)/t10-,12-/m1/s1. The van der Waals surface area contributed by atoms with Gasteiger partial charge in [0.2, 0.25) is 5.91 Å². The first-order valence-electron chi connectivity index (χ1n) is 6.86. The number of hydrogen-bond acceptors (Lipinski definition) is 4. The molecule has 0 saturated heterocycles. The summed E-state index contributed by atoms with van der Waals surface area (Å²) in [6.45, 7) is 1.72. The van der Waals surface area contributed by atoms with E-state index in [1.54, 1.807) is 6.92 Å². The number of ether oxygens (including phenoxy) is 1. The third-order valence-electron chi connectivity index (χ3n) is 3.59. The molecule has 19 heavy (non-hydrogen) atoms. The molecule has 1 saturated carbocycles. The van der Waals surface area contributed by atoms with E-state index >= 15 is 0 Å². The van der Waals surface area contributed by atoms with Gasteiger partial charge in [-0.25, -0.2) is 4.79 Å². The Labute approximate surface area is 114 Å². The van der Waals surface area contributed by atoms with E-state index in [4.69, 9.17) is 5.26 Å². The minimum absolute atomic E-state index is 0.00158. The zero-order valence-electron chi connectivity index (χ0n) is 11.6. The van der Waals surface area contributed by atoms with Gasteiger partial charge in [-0.3, -0.25) is 4.79 Å². The topological polar surface area (TPSA) is 79.2 Å². The Hall–Kier alpha value is -1.57. The normalized spacial score (nSPS) is 19.0. The van der Waals surface area contributed by atoms with E-state index < -0.39 is 12.0 Å². The Morgan fingerprint density at radius 1 is 1.37 bits per heavy atom. The van der Waals surface area contributed by atoms with Gasteiger partial charge in [-0.05, 0) is 26.2 Å².